The van der Waals surface area contributed by atoms with Crippen LogP contribution in [0, 0.1) is 0 Å². The first-order valence-corrected chi connectivity index (χ1v) is 10.0. The molecule has 0 saturated heterocycles. The Morgan fingerprint density at radius 3 is 2.12 bits per heavy atom. The standard InChI is InChI=1S/C20H30N6O6/c21-13(7-4-10-24-20(22)23)17(29)26-15(11-12-5-2-1-3-6-12)18(30)25-14(19(31)32)8-9-16(27)28/h1-3,5-6,13-15H,4,7-11,21H2,(H,25,30)(H,26,29)(H,27,28)(H,31,32)(H4,22,23,24). The molecule has 0 radical (unpaired) electrons. The monoisotopic (exact) mass is 450 g/mol. The number of aliphatic imine (C=N–C) groups is 1. The van der Waals surface area contributed by atoms with Gasteiger partial charge in [0.05, 0.1) is 6.04 Å². The Balaban J connectivity index is 2.85. The van der Waals surface area contributed by atoms with Gasteiger partial charge in [-0.05, 0) is 24.8 Å². The van der Waals surface area contributed by atoms with E-state index in [4.69, 9.17) is 22.3 Å². The number of benzene rings is 1. The van der Waals surface area contributed by atoms with E-state index >= 15 is 0 Å². The van der Waals surface area contributed by atoms with Gasteiger partial charge in [0.1, 0.15) is 12.1 Å². The number of nitrogens with two attached hydrogens (primary N) is 3. The summed E-state index contributed by atoms with van der Waals surface area (Å²) in [5, 5.41) is 22.9. The first kappa shape index (κ1) is 26.4. The van der Waals surface area contributed by atoms with Gasteiger partial charge in [0.2, 0.25) is 11.8 Å². The Labute approximate surface area is 185 Å². The number of aliphatic carboxylic acids is 2. The zero-order valence-corrected chi connectivity index (χ0v) is 17.6. The fourth-order valence-corrected chi connectivity index (χ4v) is 2.79. The van der Waals surface area contributed by atoms with Crippen molar-refractivity contribution >= 4 is 29.7 Å². The normalized spacial score (nSPS) is 13.3. The third kappa shape index (κ3) is 10.4. The number of carboxylic acid groups (broad SMARTS) is 2. The maximum atomic E-state index is 12.8. The minimum Gasteiger partial charge on any atom is -0.481 e. The van der Waals surface area contributed by atoms with Crippen molar-refractivity contribution in [2.24, 2.45) is 22.2 Å². The highest BCUT2D eigenvalue weighted by Crippen LogP contribution is 2.06. The molecular weight excluding hydrogens is 420 g/mol. The Morgan fingerprint density at radius 1 is 0.938 bits per heavy atom. The molecule has 32 heavy (non-hydrogen) atoms. The second kappa shape index (κ2) is 13.6. The molecule has 0 aliphatic carbocycles. The number of amides is 2. The van der Waals surface area contributed by atoms with E-state index in [9.17, 15) is 24.3 Å². The predicted octanol–water partition coefficient (Wildman–Crippen LogP) is -1.47. The lowest BCUT2D eigenvalue weighted by Crippen LogP contribution is -2.55. The van der Waals surface area contributed by atoms with Gasteiger partial charge in [-0.3, -0.25) is 19.4 Å². The molecule has 1 aromatic carbocycles. The summed E-state index contributed by atoms with van der Waals surface area (Å²) in [5.74, 6) is -3.98. The maximum Gasteiger partial charge on any atom is 0.326 e. The minimum absolute atomic E-state index is 0.0708. The number of carboxylic acids is 2. The Hall–Kier alpha value is -3.67. The second-order valence-electron chi connectivity index (χ2n) is 7.14. The molecule has 0 saturated carbocycles. The van der Waals surface area contributed by atoms with Crippen molar-refractivity contribution in [3.05, 3.63) is 35.9 Å². The molecule has 0 aromatic heterocycles. The van der Waals surface area contributed by atoms with Crippen molar-refractivity contribution in [3.8, 4) is 0 Å². The van der Waals surface area contributed by atoms with E-state index in [1.54, 1.807) is 30.3 Å². The first-order valence-electron chi connectivity index (χ1n) is 10.0. The van der Waals surface area contributed by atoms with E-state index in [1.807, 2.05) is 0 Å². The average molecular weight is 450 g/mol. The summed E-state index contributed by atoms with van der Waals surface area (Å²) in [4.78, 5) is 51.3. The van der Waals surface area contributed by atoms with Gasteiger partial charge in [-0.2, -0.15) is 0 Å². The molecule has 3 unspecified atom stereocenters. The lowest BCUT2D eigenvalue weighted by atomic mass is 10.0. The van der Waals surface area contributed by atoms with Crippen LogP contribution in [0.3, 0.4) is 0 Å². The van der Waals surface area contributed by atoms with E-state index in [1.165, 1.54) is 0 Å². The van der Waals surface area contributed by atoms with Crippen LogP contribution >= 0.6 is 0 Å². The lowest BCUT2D eigenvalue weighted by Gasteiger charge is -2.23. The van der Waals surface area contributed by atoms with Crippen LogP contribution in [-0.2, 0) is 25.6 Å². The van der Waals surface area contributed by atoms with Gasteiger partial charge >= 0.3 is 11.9 Å². The van der Waals surface area contributed by atoms with E-state index in [0.29, 0.717) is 13.0 Å². The van der Waals surface area contributed by atoms with Crippen molar-refractivity contribution in [1.29, 1.82) is 0 Å². The summed E-state index contributed by atoms with van der Waals surface area (Å²) in [6.07, 6.45) is 0.0573. The number of nitrogens with zero attached hydrogens (tertiary/aromatic N) is 1. The Kier molecular flexibility index (Phi) is 11.2. The minimum atomic E-state index is -1.41. The van der Waals surface area contributed by atoms with Gasteiger partial charge in [-0.25, -0.2) is 4.79 Å². The molecule has 0 aliphatic rings. The van der Waals surface area contributed by atoms with Crippen molar-refractivity contribution < 1.29 is 29.4 Å². The highest BCUT2D eigenvalue weighted by atomic mass is 16.4. The number of guanidine groups is 1. The summed E-state index contributed by atoms with van der Waals surface area (Å²) in [6, 6.07) is 5.35. The number of nitrogens with one attached hydrogen (secondary N) is 2. The Morgan fingerprint density at radius 2 is 1.56 bits per heavy atom. The van der Waals surface area contributed by atoms with Crippen LogP contribution in [0.4, 0.5) is 0 Å². The van der Waals surface area contributed by atoms with Crippen molar-refractivity contribution in [2.75, 3.05) is 6.54 Å². The van der Waals surface area contributed by atoms with Gasteiger partial charge in [0.25, 0.3) is 0 Å². The van der Waals surface area contributed by atoms with Crippen LogP contribution < -0.4 is 27.8 Å². The molecule has 12 heteroatoms. The summed E-state index contributed by atoms with van der Waals surface area (Å²) < 4.78 is 0. The molecule has 0 aliphatic heterocycles. The quantitative estimate of drug-likeness (QED) is 0.0996. The van der Waals surface area contributed by atoms with Crippen LogP contribution in [0.5, 0.6) is 0 Å². The number of carbonyl (C=O) groups is 4. The summed E-state index contributed by atoms with van der Waals surface area (Å²) in [5.41, 5.74) is 17.1. The zero-order valence-electron chi connectivity index (χ0n) is 17.6. The van der Waals surface area contributed by atoms with Gasteiger partial charge in [0.15, 0.2) is 5.96 Å². The van der Waals surface area contributed by atoms with Crippen molar-refractivity contribution in [3.63, 3.8) is 0 Å². The second-order valence-corrected chi connectivity index (χ2v) is 7.14. The van der Waals surface area contributed by atoms with Crippen LogP contribution in [0.25, 0.3) is 0 Å². The molecule has 1 rings (SSSR count). The van der Waals surface area contributed by atoms with E-state index in [-0.39, 0.29) is 25.2 Å². The number of hydrogen-bond donors (Lipinski definition) is 7. The maximum absolute atomic E-state index is 12.8. The number of carbonyl (C=O) groups excluding carboxylic acids is 2. The highest BCUT2D eigenvalue weighted by molar-refractivity contribution is 5.92. The molecule has 3 atom stereocenters. The molecule has 0 spiro atoms. The molecular formula is C20H30N6O6. The summed E-state index contributed by atoms with van der Waals surface area (Å²) >= 11 is 0. The highest BCUT2D eigenvalue weighted by Gasteiger charge is 2.28. The van der Waals surface area contributed by atoms with Crippen molar-refractivity contribution in [1.82, 2.24) is 10.6 Å². The third-order valence-electron chi connectivity index (χ3n) is 4.48. The smallest absolute Gasteiger partial charge is 0.326 e. The fourth-order valence-electron chi connectivity index (χ4n) is 2.79. The zero-order chi connectivity index (χ0) is 24.1. The van der Waals surface area contributed by atoms with Gasteiger partial charge in [-0.15, -0.1) is 0 Å². The van der Waals surface area contributed by atoms with E-state index in [0.717, 1.165) is 5.56 Å². The third-order valence-corrected chi connectivity index (χ3v) is 4.48. The molecule has 0 bridgehead atoms. The number of hydrogen-bond acceptors (Lipinski definition) is 6. The molecule has 2 amide bonds. The summed E-state index contributed by atoms with van der Waals surface area (Å²) in [6.45, 7) is 0.293. The predicted molar refractivity (Wildman–Crippen MR) is 116 cm³/mol. The summed E-state index contributed by atoms with van der Waals surface area (Å²) in [7, 11) is 0. The van der Waals surface area contributed by atoms with Crippen LogP contribution in [0.15, 0.2) is 35.3 Å². The molecule has 0 heterocycles. The van der Waals surface area contributed by atoms with Crippen LogP contribution in [0.1, 0.15) is 31.2 Å². The molecule has 0 fully saturated rings. The van der Waals surface area contributed by atoms with Gasteiger partial charge in [-0.1, -0.05) is 30.3 Å². The molecule has 1 aromatic rings. The van der Waals surface area contributed by atoms with E-state index in [2.05, 4.69) is 15.6 Å². The molecule has 12 nitrogen and oxygen atoms in total. The molecule has 176 valence electrons. The fraction of sp³-hybridized carbons (Fsp3) is 0.450. The average Bonchev–Trinajstić information content (AvgIpc) is 2.73. The van der Waals surface area contributed by atoms with Gasteiger partial charge in [0, 0.05) is 19.4 Å². The van der Waals surface area contributed by atoms with E-state index < -0.39 is 48.3 Å². The Bertz CT molecular complexity index is 812. The lowest BCUT2D eigenvalue weighted by molar-refractivity contribution is -0.143. The molecule has 10 N–H and O–H groups in total. The largest absolute Gasteiger partial charge is 0.481 e. The van der Waals surface area contributed by atoms with Crippen LogP contribution in [-0.4, -0.2) is 64.6 Å². The topological polar surface area (TPSA) is 223 Å². The first-order chi connectivity index (χ1) is 15.1. The van der Waals surface area contributed by atoms with Crippen LogP contribution in [0.2, 0.25) is 0 Å². The SMILES string of the molecule is NC(N)=NCCCC(N)C(=O)NC(Cc1ccccc1)C(=O)NC(CCC(=O)O)C(=O)O. The van der Waals surface area contributed by atoms with Crippen molar-refractivity contribution in [2.45, 2.75) is 50.2 Å². The van der Waals surface area contributed by atoms with Gasteiger partial charge < -0.3 is 38.0 Å². The number of rotatable bonds is 14.